The van der Waals surface area contributed by atoms with E-state index in [4.69, 9.17) is 14.2 Å². The Kier molecular flexibility index (Phi) is 3.93. The van der Waals surface area contributed by atoms with Gasteiger partial charge in [0.15, 0.2) is 6.10 Å². The second-order valence-electron chi connectivity index (χ2n) is 7.16. The van der Waals surface area contributed by atoms with Crippen LogP contribution in [0.5, 0.6) is 17.2 Å². The molecule has 2 aliphatic heterocycles. The molecule has 2 N–H and O–H groups in total. The topological polar surface area (TPSA) is 68.2 Å². The van der Waals surface area contributed by atoms with Gasteiger partial charge in [-0.05, 0) is 31.6 Å². The molecule has 0 radical (unpaired) electrons. The first-order chi connectivity index (χ1) is 12.4. The molecule has 0 saturated heterocycles. The Bertz CT molecular complexity index is 856. The first-order valence-corrected chi connectivity index (χ1v) is 8.62. The number of methoxy groups -OCH3 is 1. The molecule has 2 aromatic rings. The number of hydrogen-bond acceptors (Lipinski definition) is 5. The zero-order valence-electron chi connectivity index (χ0n) is 15.0. The minimum absolute atomic E-state index is 0.433. The highest BCUT2D eigenvalue weighted by Crippen LogP contribution is 2.52. The van der Waals surface area contributed by atoms with Gasteiger partial charge in [0.2, 0.25) is 0 Å². The van der Waals surface area contributed by atoms with Crippen molar-refractivity contribution in [1.82, 2.24) is 0 Å². The van der Waals surface area contributed by atoms with Crippen molar-refractivity contribution in [2.45, 2.75) is 37.8 Å². The van der Waals surface area contributed by atoms with E-state index in [-0.39, 0.29) is 0 Å². The van der Waals surface area contributed by atoms with Crippen molar-refractivity contribution in [3.63, 3.8) is 0 Å². The first kappa shape index (κ1) is 16.9. The summed E-state index contributed by atoms with van der Waals surface area (Å²) in [4.78, 5) is 0. The van der Waals surface area contributed by atoms with Crippen molar-refractivity contribution >= 4 is 6.08 Å². The second kappa shape index (κ2) is 6.04. The second-order valence-corrected chi connectivity index (χ2v) is 7.16. The van der Waals surface area contributed by atoms with E-state index in [1.807, 2.05) is 56.3 Å². The number of rotatable bonds is 2. The molecule has 2 aromatic carbocycles. The monoisotopic (exact) mass is 354 g/mol. The fourth-order valence-corrected chi connectivity index (χ4v) is 3.50. The van der Waals surface area contributed by atoms with Crippen LogP contribution >= 0.6 is 0 Å². The van der Waals surface area contributed by atoms with Crippen LogP contribution in [0.1, 0.15) is 42.7 Å². The van der Waals surface area contributed by atoms with E-state index in [1.54, 1.807) is 6.07 Å². The number of benzene rings is 2. The molecule has 0 aliphatic carbocycles. The van der Waals surface area contributed by atoms with Gasteiger partial charge < -0.3 is 24.4 Å². The Balaban J connectivity index is 1.88. The van der Waals surface area contributed by atoms with Crippen molar-refractivity contribution in [3.8, 4) is 17.2 Å². The maximum absolute atomic E-state index is 10.8. The summed E-state index contributed by atoms with van der Waals surface area (Å²) in [6, 6.07) is 11.1. The molecular weight excluding hydrogens is 332 g/mol. The summed E-state index contributed by atoms with van der Waals surface area (Å²) in [7, 11) is 1.52. The van der Waals surface area contributed by atoms with Crippen LogP contribution in [0.15, 0.2) is 42.5 Å². The number of aliphatic hydroxyl groups is 2. The molecule has 2 aliphatic rings. The standard InChI is InChI=1S/C21H22O5/c1-21(2)10-9-13-14(26-21)11-15(24-3)16-17(22)18(23)19(25-20(13)16)12-7-5-4-6-8-12/h4-11,17-19,22-23H,1-3H3. The van der Waals surface area contributed by atoms with Gasteiger partial charge in [0.05, 0.1) is 18.2 Å². The number of hydrogen-bond donors (Lipinski definition) is 2. The van der Waals surface area contributed by atoms with Crippen molar-refractivity contribution in [3.05, 3.63) is 59.2 Å². The lowest BCUT2D eigenvalue weighted by molar-refractivity contribution is -0.0712. The van der Waals surface area contributed by atoms with Gasteiger partial charge in [-0.2, -0.15) is 0 Å². The Hall–Kier alpha value is -2.50. The average Bonchev–Trinajstić information content (AvgIpc) is 2.63. The third kappa shape index (κ3) is 2.64. The third-order valence-electron chi connectivity index (χ3n) is 4.83. The van der Waals surface area contributed by atoms with Gasteiger partial charge in [-0.1, -0.05) is 30.3 Å². The smallest absolute Gasteiger partial charge is 0.152 e. The zero-order chi connectivity index (χ0) is 18.5. The molecule has 4 rings (SSSR count). The van der Waals surface area contributed by atoms with E-state index in [2.05, 4.69) is 0 Å². The van der Waals surface area contributed by atoms with Gasteiger partial charge in [-0.25, -0.2) is 0 Å². The lowest BCUT2D eigenvalue weighted by atomic mass is 9.88. The van der Waals surface area contributed by atoms with Gasteiger partial charge in [-0.3, -0.25) is 0 Å². The summed E-state index contributed by atoms with van der Waals surface area (Å²) in [5.41, 5.74) is 1.53. The molecule has 3 unspecified atom stereocenters. The highest BCUT2D eigenvalue weighted by atomic mass is 16.5. The number of aliphatic hydroxyl groups excluding tert-OH is 2. The highest BCUT2D eigenvalue weighted by Gasteiger charge is 2.42. The van der Waals surface area contributed by atoms with Crippen LogP contribution in [-0.4, -0.2) is 29.0 Å². The van der Waals surface area contributed by atoms with E-state index in [9.17, 15) is 10.2 Å². The van der Waals surface area contributed by atoms with Crippen molar-refractivity contribution in [2.75, 3.05) is 7.11 Å². The van der Waals surface area contributed by atoms with Crippen LogP contribution < -0.4 is 14.2 Å². The average molecular weight is 354 g/mol. The van der Waals surface area contributed by atoms with Crippen LogP contribution in [0.2, 0.25) is 0 Å². The molecule has 2 heterocycles. The van der Waals surface area contributed by atoms with Crippen molar-refractivity contribution in [2.24, 2.45) is 0 Å². The van der Waals surface area contributed by atoms with Crippen molar-refractivity contribution < 1.29 is 24.4 Å². The zero-order valence-corrected chi connectivity index (χ0v) is 15.0. The fourth-order valence-electron chi connectivity index (χ4n) is 3.50. The molecule has 136 valence electrons. The van der Waals surface area contributed by atoms with Crippen molar-refractivity contribution in [1.29, 1.82) is 0 Å². The van der Waals surface area contributed by atoms with Crippen LogP contribution in [0, 0.1) is 0 Å². The van der Waals surface area contributed by atoms with E-state index >= 15 is 0 Å². The lowest BCUT2D eigenvalue weighted by Gasteiger charge is -2.38. The van der Waals surface area contributed by atoms with Gasteiger partial charge >= 0.3 is 0 Å². The lowest BCUT2D eigenvalue weighted by Crippen LogP contribution is -2.35. The maximum atomic E-state index is 10.8. The molecular formula is C21H22O5. The summed E-state index contributed by atoms with van der Waals surface area (Å²) >= 11 is 0. The first-order valence-electron chi connectivity index (χ1n) is 8.62. The largest absolute Gasteiger partial charge is 0.496 e. The summed E-state index contributed by atoms with van der Waals surface area (Å²) in [5, 5.41) is 21.5. The van der Waals surface area contributed by atoms with Crippen LogP contribution in [0.4, 0.5) is 0 Å². The minimum Gasteiger partial charge on any atom is -0.496 e. The van der Waals surface area contributed by atoms with Gasteiger partial charge in [0.1, 0.15) is 35.1 Å². The van der Waals surface area contributed by atoms with E-state index in [0.29, 0.717) is 22.8 Å². The van der Waals surface area contributed by atoms with Crippen LogP contribution in [0.25, 0.3) is 6.08 Å². The summed E-state index contributed by atoms with van der Waals surface area (Å²) in [6.45, 7) is 3.93. The van der Waals surface area contributed by atoms with Gasteiger partial charge in [0, 0.05) is 6.07 Å². The third-order valence-corrected chi connectivity index (χ3v) is 4.83. The molecule has 0 spiro atoms. The molecule has 5 heteroatoms. The summed E-state index contributed by atoms with van der Waals surface area (Å²) < 4.78 is 17.7. The van der Waals surface area contributed by atoms with E-state index in [1.165, 1.54) is 7.11 Å². The molecule has 5 nitrogen and oxygen atoms in total. The van der Waals surface area contributed by atoms with E-state index < -0.39 is 23.9 Å². The van der Waals surface area contributed by atoms with Gasteiger partial charge in [-0.15, -0.1) is 0 Å². The van der Waals surface area contributed by atoms with Crippen LogP contribution in [-0.2, 0) is 0 Å². The molecule has 0 fully saturated rings. The summed E-state index contributed by atoms with van der Waals surface area (Å²) in [5.74, 6) is 1.55. The quantitative estimate of drug-likeness (QED) is 0.865. The molecule has 0 saturated carbocycles. The SMILES string of the molecule is COc1cc2c(c3c1C(O)C(O)C(c1ccccc1)O3)C=CC(C)(C)O2. The Morgan fingerprint density at radius 3 is 2.54 bits per heavy atom. The molecule has 0 aromatic heterocycles. The number of ether oxygens (including phenoxy) is 3. The molecule has 26 heavy (non-hydrogen) atoms. The maximum Gasteiger partial charge on any atom is 0.152 e. The Labute approximate surface area is 152 Å². The Morgan fingerprint density at radius 2 is 1.85 bits per heavy atom. The molecule has 0 amide bonds. The van der Waals surface area contributed by atoms with E-state index in [0.717, 1.165) is 11.1 Å². The highest BCUT2D eigenvalue weighted by molar-refractivity contribution is 5.73. The molecule has 0 bridgehead atoms. The minimum atomic E-state index is -1.13. The molecule has 3 atom stereocenters. The Morgan fingerprint density at radius 1 is 1.12 bits per heavy atom. The van der Waals surface area contributed by atoms with Crippen LogP contribution in [0.3, 0.4) is 0 Å². The predicted octanol–water partition coefficient (Wildman–Crippen LogP) is 3.41. The summed E-state index contributed by atoms with van der Waals surface area (Å²) in [6.07, 6.45) is 0.955. The fraction of sp³-hybridized carbons (Fsp3) is 0.333. The van der Waals surface area contributed by atoms with Gasteiger partial charge in [0.25, 0.3) is 0 Å². The number of fused-ring (bicyclic) bond motifs is 3. The predicted molar refractivity (Wildman–Crippen MR) is 97.5 cm³/mol. The normalized spacial score (nSPS) is 25.5.